The minimum atomic E-state index is 0. The first kappa shape index (κ1) is 27.1. The molecule has 0 N–H and O–H groups in total. The van der Waals surface area contributed by atoms with Gasteiger partial charge < -0.3 is 9.13 Å². The van der Waals surface area contributed by atoms with Crippen LogP contribution in [0.25, 0.3) is 44.6 Å². The summed E-state index contributed by atoms with van der Waals surface area (Å²) in [5.41, 5.74) is 9.73. The molecule has 0 atom stereocenters. The number of unbranched alkanes of at least 4 members (excludes halogenated alkanes) is 3. The SMILES string of the molecule is CCCCCCc1cc(C)c(-n2ccnc2-c2[c-]cc3c(c2)c2ccccc2n3-c2ccccc2)c(C)c1.[Ir]. The molecular formula is C35H34IrN3-. The van der Waals surface area contributed by atoms with Crippen molar-refractivity contribution in [2.24, 2.45) is 0 Å². The number of imidazole rings is 1. The maximum atomic E-state index is 4.81. The van der Waals surface area contributed by atoms with Gasteiger partial charge in [-0.05, 0) is 72.5 Å². The molecule has 0 saturated carbocycles. The Morgan fingerprint density at radius 2 is 1.54 bits per heavy atom. The van der Waals surface area contributed by atoms with E-state index >= 15 is 0 Å². The van der Waals surface area contributed by atoms with Crippen molar-refractivity contribution in [3.05, 3.63) is 114 Å². The van der Waals surface area contributed by atoms with Crippen molar-refractivity contribution in [1.29, 1.82) is 0 Å². The number of benzene rings is 4. The van der Waals surface area contributed by atoms with Crippen LogP contribution in [0.1, 0.15) is 49.3 Å². The Morgan fingerprint density at radius 1 is 0.795 bits per heavy atom. The van der Waals surface area contributed by atoms with Crippen LogP contribution in [0.3, 0.4) is 0 Å². The van der Waals surface area contributed by atoms with E-state index in [2.05, 4.69) is 121 Å². The number of nitrogens with zero attached hydrogens (tertiary/aromatic N) is 3. The van der Waals surface area contributed by atoms with Crippen LogP contribution >= 0.6 is 0 Å². The molecule has 0 saturated heterocycles. The fourth-order valence-corrected chi connectivity index (χ4v) is 5.90. The van der Waals surface area contributed by atoms with Gasteiger partial charge in [0.25, 0.3) is 0 Å². The van der Waals surface area contributed by atoms with E-state index in [9.17, 15) is 0 Å². The molecular weight excluding hydrogens is 655 g/mol. The normalized spacial score (nSPS) is 11.3. The summed E-state index contributed by atoms with van der Waals surface area (Å²) in [6, 6.07) is 31.9. The number of fused-ring (bicyclic) bond motifs is 3. The van der Waals surface area contributed by atoms with Crippen LogP contribution < -0.4 is 0 Å². The molecule has 6 aromatic rings. The Morgan fingerprint density at radius 3 is 2.31 bits per heavy atom. The second-order valence-electron chi connectivity index (χ2n) is 10.3. The van der Waals surface area contributed by atoms with E-state index in [0.717, 1.165) is 29.0 Å². The number of hydrogen-bond donors (Lipinski definition) is 0. The molecule has 39 heavy (non-hydrogen) atoms. The van der Waals surface area contributed by atoms with Gasteiger partial charge in [0.1, 0.15) is 0 Å². The largest absolute Gasteiger partial charge is 0.351 e. The first-order valence-electron chi connectivity index (χ1n) is 13.8. The monoisotopic (exact) mass is 689 g/mol. The average Bonchev–Trinajstić information content (AvgIpc) is 3.54. The fourth-order valence-electron chi connectivity index (χ4n) is 5.90. The molecule has 0 spiro atoms. The molecule has 4 aromatic carbocycles. The molecule has 0 amide bonds. The molecule has 199 valence electrons. The summed E-state index contributed by atoms with van der Waals surface area (Å²) in [5.74, 6) is 0.922. The Bertz CT molecular complexity index is 1700. The maximum Gasteiger partial charge on any atom is 0.0603 e. The second-order valence-corrected chi connectivity index (χ2v) is 10.3. The van der Waals surface area contributed by atoms with Gasteiger partial charge in [0.05, 0.1) is 5.82 Å². The van der Waals surface area contributed by atoms with Crippen molar-refractivity contribution in [3.63, 3.8) is 0 Å². The smallest absolute Gasteiger partial charge is 0.0603 e. The molecule has 3 nitrogen and oxygen atoms in total. The van der Waals surface area contributed by atoms with Gasteiger partial charge in [-0.3, -0.25) is 4.98 Å². The van der Waals surface area contributed by atoms with Crippen LogP contribution in [-0.4, -0.2) is 14.1 Å². The molecule has 2 aromatic heterocycles. The van der Waals surface area contributed by atoms with Gasteiger partial charge in [0, 0.05) is 49.4 Å². The Kier molecular flexibility index (Phi) is 8.16. The fraction of sp³-hybridized carbons (Fsp3) is 0.229. The van der Waals surface area contributed by atoms with Crippen molar-refractivity contribution in [2.75, 3.05) is 0 Å². The molecule has 0 unspecified atom stereocenters. The average molecular weight is 689 g/mol. The van der Waals surface area contributed by atoms with Crippen molar-refractivity contribution in [3.8, 4) is 22.8 Å². The number of rotatable bonds is 8. The summed E-state index contributed by atoms with van der Waals surface area (Å²) < 4.78 is 4.56. The van der Waals surface area contributed by atoms with E-state index in [4.69, 9.17) is 4.98 Å². The van der Waals surface area contributed by atoms with Crippen LogP contribution in [0.15, 0.2) is 91.3 Å². The van der Waals surface area contributed by atoms with Gasteiger partial charge in [0.15, 0.2) is 0 Å². The zero-order valence-corrected chi connectivity index (χ0v) is 25.3. The van der Waals surface area contributed by atoms with E-state index in [-0.39, 0.29) is 20.1 Å². The first-order chi connectivity index (χ1) is 18.7. The minimum absolute atomic E-state index is 0. The number of para-hydroxylation sites is 2. The topological polar surface area (TPSA) is 22.8 Å². The molecule has 2 heterocycles. The number of aromatic nitrogens is 3. The summed E-state index contributed by atoms with van der Waals surface area (Å²) in [5, 5.41) is 2.45. The van der Waals surface area contributed by atoms with Crippen molar-refractivity contribution in [1.82, 2.24) is 14.1 Å². The molecule has 0 fully saturated rings. The number of hydrogen-bond acceptors (Lipinski definition) is 1. The summed E-state index contributed by atoms with van der Waals surface area (Å²) in [7, 11) is 0. The van der Waals surface area contributed by atoms with Crippen LogP contribution in [0.5, 0.6) is 0 Å². The summed E-state index contributed by atoms with van der Waals surface area (Å²) >= 11 is 0. The molecule has 6 rings (SSSR count). The van der Waals surface area contributed by atoms with Crippen molar-refractivity contribution >= 4 is 21.8 Å². The third kappa shape index (κ3) is 5.12. The zero-order chi connectivity index (χ0) is 26.1. The van der Waals surface area contributed by atoms with Crippen LogP contribution in [-0.2, 0) is 26.5 Å². The standard InChI is InChI=1S/C35H34N3.Ir/c1-4-5-6-8-13-27-22-25(2)34(26(3)23-27)37-21-20-36-35(37)28-18-19-33-31(24-28)30-16-11-12-17-32(30)38(33)29-14-9-7-10-15-29;/h7,9-12,14-17,19-24H,4-6,8,13H2,1-3H3;/q-1;. The van der Waals surface area contributed by atoms with Gasteiger partial charge in [-0.1, -0.05) is 80.1 Å². The van der Waals surface area contributed by atoms with E-state index in [1.54, 1.807) is 0 Å². The summed E-state index contributed by atoms with van der Waals surface area (Å²) in [4.78, 5) is 4.81. The zero-order valence-electron chi connectivity index (χ0n) is 22.9. The number of aryl methyl sites for hydroxylation is 3. The van der Waals surface area contributed by atoms with Crippen LogP contribution in [0.4, 0.5) is 0 Å². The maximum absolute atomic E-state index is 4.81. The van der Waals surface area contributed by atoms with E-state index < -0.39 is 0 Å². The Labute approximate surface area is 244 Å². The third-order valence-corrected chi connectivity index (χ3v) is 7.61. The predicted molar refractivity (Wildman–Crippen MR) is 159 cm³/mol. The molecule has 0 aliphatic rings. The molecule has 0 bridgehead atoms. The Hall–Kier alpha value is -3.46. The van der Waals surface area contributed by atoms with E-state index in [0.29, 0.717) is 0 Å². The summed E-state index contributed by atoms with van der Waals surface area (Å²) in [6.45, 7) is 6.71. The first-order valence-corrected chi connectivity index (χ1v) is 13.8. The van der Waals surface area contributed by atoms with Gasteiger partial charge in [0.2, 0.25) is 0 Å². The quantitative estimate of drug-likeness (QED) is 0.116. The molecule has 0 aliphatic heterocycles. The van der Waals surface area contributed by atoms with Gasteiger partial charge >= 0.3 is 0 Å². The predicted octanol–water partition coefficient (Wildman–Crippen LogP) is 9.17. The van der Waals surface area contributed by atoms with E-state index in [1.807, 2.05) is 6.20 Å². The van der Waals surface area contributed by atoms with Crippen LogP contribution in [0.2, 0.25) is 0 Å². The molecule has 4 heteroatoms. The molecule has 0 aliphatic carbocycles. The van der Waals surface area contributed by atoms with Gasteiger partial charge in [-0.15, -0.1) is 23.8 Å². The van der Waals surface area contributed by atoms with Crippen LogP contribution in [0, 0.1) is 19.9 Å². The Balaban J connectivity index is 0.00000308. The third-order valence-electron chi connectivity index (χ3n) is 7.61. The second kappa shape index (κ2) is 11.7. The van der Waals surface area contributed by atoms with Crippen molar-refractivity contribution in [2.45, 2.75) is 52.9 Å². The van der Waals surface area contributed by atoms with Gasteiger partial charge in [-0.2, -0.15) is 0 Å². The van der Waals surface area contributed by atoms with E-state index in [1.165, 1.54) is 64.4 Å². The van der Waals surface area contributed by atoms with Crippen molar-refractivity contribution < 1.29 is 20.1 Å². The summed E-state index contributed by atoms with van der Waals surface area (Å²) in [6.07, 6.45) is 10.3. The minimum Gasteiger partial charge on any atom is -0.351 e. The van der Waals surface area contributed by atoms with Gasteiger partial charge in [-0.25, -0.2) is 0 Å². The molecule has 1 radical (unpaired) electrons.